The van der Waals surface area contributed by atoms with Gasteiger partial charge in [-0.15, -0.1) is 0 Å². The summed E-state index contributed by atoms with van der Waals surface area (Å²) in [7, 11) is -0.652. The van der Waals surface area contributed by atoms with Crippen molar-refractivity contribution in [2.75, 3.05) is 27.3 Å². The van der Waals surface area contributed by atoms with Gasteiger partial charge in [0.1, 0.15) is 0 Å². The summed E-state index contributed by atoms with van der Waals surface area (Å²) in [6.45, 7) is 0.515. The second-order valence-electron chi connectivity index (χ2n) is 10.1. The van der Waals surface area contributed by atoms with Crippen molar-refractivity contribution in [1.82, 2.24) is 14.2 Å². The SMILES string of the molecule is COc1ccc(CN(CCc2c[nH]c3ccccc23)C(=O)CN(C2CC2)S(=O)(=O)C=Cc2ccccc2)cc1OC. The van der Waals surface area contributed by atoms with Crippen molar-refractivity contribution in [3.05, 3.63) is 101 Å². The lowest BCUT2D eigenvalue weighted by Crippen LogP contribution is -2.43. The lowest BCUT2D eigenvalue weighted by Gasteiger charge is -2.27. The van der Waals surface area contributed by atoms with Crippen LogP contribution in [0.25, 0.3) is 17.0 Å². The van der Waals surface area contributed by atoms with Crippen LogP contribution in [0.1, 0.15) is 29.5 Å². The Morgan fingerprint density at radius 3 is 2.44 bits per heavy atom. The molecule has 1 aromatic heterocycles. The number of hydrogen-bond donors (Lipinski definition) is 1. The number of rotatable bonds is 13. The summed E-state index contributed by atoms with van der Waals surface area (Å²) in [5.41, 5.74) is 3.78. The summed E-state index contributed by atoms with van der Waals surface area (Å²) < 4.78 is 39.0. The molecule has 1 saturated carbocycles. The molecule has 0 radical (unpaired) electrons. The Kier molecular flexibility index (Phi) is 8.75. The van der Waals surface area contributed by atoms with Crippen molar-refractivity contribution >= 4 is 32.9 Å². The summed E-state index contributed by atoms with van der Waals surface area (Å²) in [5.74, 6) is 0.926. The van der Waals surface area contributed by atoms with E-state index in [2.05, 4.69) is 11.1 Å². The van der Waals surface area contributed by atoms with E-state index < -0.39 is 10.0 Å². The predicted molar refractivity (Wildman–Crippen MR) is 161 cm³/mol. The molecular weight excluding hydrogens is 538 g/mol. The highest BCUT2D eigenvalue weighted by molar-refractivity contribution is 7.92. The monoisotopic (exact) mass is 573 g/mol. The number of aromatic amines is 1. The van der Waals surface area contributed by atoms with E-state index >= 15 is 0 Å². The number of benzene rings is 3. The number of ether oxygens (including phenoxy) is 2. The lowest BCUT2D eigenvalue weighted by atomic mass is 10.1. The quantitative estimate of drug-likeness (QED) is 0.237. The van der Waals surface area contributed by atoms with Crippen molar-refractivity contribution in [1.29, 1.82) is 0 Å². The minimum Gasteiger partial charge on any atom is -0.493 e. The topological polar surface area (TPSA) is 91.9 Å². The van der Waals surface area contributed by atoms with Gasteiger partial charge in [-0.2, -0.15) is 4.31 Å². The van der Waals surface area contributed by atoms with Gasteiger partial charge in [0.05, 0.1) is 20.8 Å². The van der Waals surface area contributed by atoms with E-state index in [1.807, 2.05) is 72.9 Å². The molecule has 214 valence electrons. The summed E-state index contributed by atoms with van der Waals surface area (Å²) >= 11 is 0. The van der Waals surface area contributed by atoms with Gasteiger partial charge in [0.25, 0.3) is 0 Å². The minimum absolute atomic E-state index is 0.166. The van der Waals surface area contributed by atoms with Crippen LogP contribution >= 0.6 is 0 Å². The average molecular weight is 574 g/mol. The number of aromatic nitrogens is 1. The van der Waals surface area contributed by atoms with Crippen molar-refractivity contribution < 1.29 is 22.7 Å². The molecule has 1 heterocycles. The number of nitrogens with zero attached hydrogens (tertiary/aromatic N) is 2. The molecule has 4 aromatic rings. The standard InChI is InChI=1S/C32H35N3O5S/c1-39-30-15-12-25(20-31(30)40-2)22-34(18-16-26-21-33-29-11-7-6-10-28(26)29)32(36)23-35(27-13-14-27)41(37,38)19-17-24-8-4-3-5-9-24/h3-12,15,17,19-21,27,33H,13-14,16,18,22-23H2,1-2H3. The van der Waals surface area contributed by atoms with Crippen molar-refractivity contribution in [3.63, 3.8) is 0 Å². The molecule has 8 nitrogen and oxygen atoms in total. The Morgan fingerprint density at radius 1 is 0.976 bits per heavy atom. The van der Waals surface area contributed by atoms with E-state index in [9.17, 15) is 13.2 Å². The first-order valence-corrected chi connectivity index (χ1v) is 15.2. The van der Waals surface area contributed by atoms with Crippen molar-refractivity contribution in [2.24, 2.45) is 0 Å². The lowest BCUT2D eigenvalue weighted by molar-refractivity contribution is -0.132. The molecule has 41 heavy (non-hydrogen) atoms. The number of H-pyrrole nitrogens is 1. The van der Waals surface area contributed by atoms with Gasteiger partial charge in [-0.05, 0) is 60.2 Å². The first-order chi connectivity index (χ1) is 19.9. The molecule has 1 aliphatic carbocycles. The molecule has 0 aliphatic heterocycles. The molecule has 1 amide bonds. The van der Waals surface area contributed by atoms with Crippen LogP contribution < -0.4 is 9.47 Å². The number of methoxy groups -OCH3 is 2. The van der Waals surface area contributed by atoms with E-state index in [4.69, 9.17) is 9.47 Å². The van der Waals surface area contributed by atoms with Crippen LogP contribution in [-0.2, 0) is 27.8 Å². The first-order valence-electron chi connectivity index (χ1n) is 13.7. The van der Waals surface area contributed by atoms with E-state index in [0.29, 0.717) is 31.0 Å². The molecule has 0 spiro atoms. The summed E-state index contributed by atoms with van der Waals surface area (Å²) in [6.07, 6.45) is 5.66. The largest absolute Gasteiger partial charge is 0.493 e. The van der Waals surface area contributed by atoms with E-state index in [1.54, 1.807) is 25.2 Å². The number of para-hydroxylation sites is 1. The van der Waals surface area contributed by atoms with Gasteiger partial charge in [-0.3, -0.25) is 4.79 Å². The molecule has 5 rings (SSSR count). The number of fused-ring (bicyclic) bond motifs is 1. The van der Waals surface area contributed by atoms with Gasteiger partial charge in [-0.25, -0.2) is 8.42 Å². The van der Waals surface area contributed by atoms with Crippen molar-refractivity contribution in [2.45, 2.75) is 31.8 Å². The number of nitrogens with one attached hydrogen (secondary N) is 1. The summed E-state index contributed by atoms with van der Waals surface area (Å²) in [6, 6.07) is 22.7. The fourth-order valence-electron chi connectivity index (χ4n) is 4.91. The summed E-state index contributed by atoms with van der Waals surface area (Å²) in [4.78, 5) is 18.9. The van der Waals surface area contributed by atoms with Crippen LogP contribution in [0.3, 0.4) is 0 Å². The van der Waals surface area contributed by atoms with Gasteiger partial charge >= 0.3 is 0 Å². The van der Waals surface area contributed by atoms with Crippen LogP contribution in [-0.4, -0.2) is 61.9 Å². The van der Waals surface area contributed by atoms with Gasteiger partial charge < -0.3 is 19.4 Å². The van der Waals surface area contributed by atoms with Gasteiger partial charge in [0, 0.05) is 41.6 Å². The van der Waals surface area contributed by atoms with Crippen molar-refractivity contribution in [3.8, 4) is 11.5 Å². The first kappa shape index (κ1) is 28.4. The maximum absolute atomic E-state index is 13.8. The Hall–Kier alpha value is -4.08. The zero-order chi connectivity index (χ0) is 28.8. The summed E-state index contributed by atoms with van der Waals surface area (Å²) in [5, 5.41) is 2.32. The maximum atomic E-state index is 13.8. The Balaban J connectivity index is 1.38. The fourth-order valence-corrected chi connectivity index (χ4v) is 6.32. The molecule has 9 heteroatoms. The molecule has 3 aromatic carbocycles. The Morgan fingerprint density at radius 2 is 1.71 bits per heavy atom. The third kappa shape index (κ3) is 6.99. The number of hydrogen-bond acceptors (Lipinski definition) is 5. The van der Waals surface area contributed by atoms with Crippen LogP contribution in [0, 0.1) is 0 Å². The van der Waals surface area contributed by atoms with Crippen LogP contribution in [0.4, 0.5) is 0 Å². The molecular formula is C32H35N3O5S. The van der Waals surface area contributed by atoms with Crippen LogP contribution in [0.15, 0.2) is 84.4 Å². The predicted octanol–water partition coefficient (Wildman–Crippen LogP) is 5.22. The second kappa shape index (κ2) is 12.6. The smallest absolute Gasteiger partial charge is 0.238 e. The highest BCUT2D eigenvalue weighted by atomic mass is 32.2. The maximum Gasteiger partial charge on any atom is 0.238 e. The van der Waals surface area contributed by atoms with Gasteiger partial charge in [0.2, 0.25) is 15.9 Å². The molecule has 0 atom stereocenters. The Labute approximate surface area is 241 Å². The third-order valence-electron chi connectivity index (χ3n) is 7.30. The van der Waals surface area contributed by atoms with Crippen LogP contribution in [0.5, 0.6) is 11.5 Å². The number of sulfonamides is 1. The molecule has 0 unspecified atom stereocenters. The zero-order valence-electron chi connectivity index (χ0n) is 23.3. The van der Waals surface area contributed by atoms with E-state index in [-0.39, 0.29) is 18.5 Å². The second-order valence-corrected chi connectivity index (χ2v) is 11.9. The van der Waals surface area contributed by atoms with Crippen LogP contribution in [0.2, 0.25) is 0 Å². The number of carbonyl (C=O) groups is 1. The molecule has 1 aliphatic rings. The highest BCUT2D eigenvalue weighted by Crippen LogP contribution is 2.31. The highest BCUT2D eigenvalue weighted by Gasteiger charge is 2.38. The number of carbonyl (C=O) groups excluding carboxylic acids is 1. The molecule has 1 N–H and O–H groups in total. The average Bonchev–Trinajstić information content (AvgIpc) is 3.76. The number of amides is 1. The molecule has 0 bridgehead atoms. The van der Waals surface area contributed by atoms with E-state index in [1.165, 1.54) is 9.71 Å². The molecule has 0 saturated heterocycles. The van der Waals surface area contributed by atoms with Gasteiger partial charge in [-0.1, -0.05) is 54.6 Å². The zero-order valence-corrected chi connectivity index (χ0v) is 24.1. The molecule has 1 fully saturated rings. The van der Waals surface area contributed by atoms with E-state index in [0.717, 1.165) is 40.4 Å². The van der Waals surface area contributed by atoms with Gasteiger partial charge in [0.15, 0.2) is 11.5 Å². The minimum atomic E-state index is -3.80. The Bertz CT molecular complexity index is 1630. The normalized spacial score (nSPS) is 13.6. The third-order valence-corrected chi connectivity index (χ3v) is 8.87. The fraction of sp³-hybridized carbons (Fsp3) is 0.281.